The van der Waals surface area contributed by atoms with Gasteiger partial charge in [0, 0.05) is 6.07 Å². The molecular weight excluding hydrogens is 329 g/mol. The van der Waals surface area contributed by atoms with Crippen molar-refractivity contribution in [3.8, 4) is 0 Å². The highest BCUT2D eigenvalue weighted by Crippen LogP contribution is 2.32. The van der Waals surface area contributed by atoms with Crippen molar-refractivity contribution < 1.29 is 9.31 Å². The average Bonchev–Trinajstić information content (AvgIpc) is 2.33. The minimum Gasteiger partial charge on any atom is -0.301 e. The van der Waals surface area contributed by atoms with Crippen molar-refractivity contribution in [1.29, 1.82) is 0 Å². The molecule has 1 heterocycles. The van der Waals surface area contributed by atoms with E-state index in [1.807, 2.05) is 0 Å². The molecule has 6 nitrogen and oxygen atoms in total. The Bertz CT molecular complexity index is 718. The summed E-state index contributed by atoms with van der Waals surface area (Å²) in [5.41, 5.74) is -1.32. The smallest absolute Gasteiger partial charge is 0.287 e. The van der Waals surface area contributed by atoms with Gasteiger partial charge in [-0.05, 0) is 22.2 Å². The van der Waals surface area contributed by atoms with Crippen LogP contribution in [0.3, 0.4) is 0 Å². The Hall–Kier alpha value is -1.48. The SMILES string of the molecule is CSc1nc2c(F)c(Br)c([N+](=O)[O-])cc2c(=O)[nH]1. The third kappa shape index (κ3) is 1.99. The summed E-state index contributed by atoms with van der Waals surface area (Å²) in [4.78, 5) is 27.9. The van der Waals surface area contributed by atoms with Crippen LogP contribution in [0.4, 0.5) is 10.1 Å². The van der Waals surface area contributed by atoms with Crippen LogP contribution in [-0.2, 0) is 0 Å². The molecule has 0 saturated heterocycles. The second-order valence-corrected chi connectivity index (χ2v) is 4.84. The van der Waals surface area contributed by atoms with Crippen molar-refractivity contribution >= 4 is 44.3 Å². The van der Waals surface area contributed by atoms with Crippen molar-refractivity contribution in [2.75, 3.05) is 6.26 Å². The normalized spacial score (nSPS) is 10.8. The second-order valence-electron chi connectivity index (χ2n) is 3.25. The van der Waals surface area contributed by atoms with E-state index in [1.165, 1.54) is 0 Å². The minimum absolute atomic E-state index is 0.153. The van der Waals surface area contributed by atoms with Gasteiger partial charge in [0.2, 0.25) is 0 Å². The van der Waals surface area contributed by atoms with Gasteiger partial charge >= 0.3 is 0 Å². The van der Waals surface area contributed by atoms with Gasteiger partial charge in [-0.3, -0.25) is 14.9 Å². The zero-order chi connectivity index (χ0) is 13.4. The molecule has 0 fully saturated rings. The molecule has 0 radical (unpaired) electrons. The zero-order valence-electron chi connectivity index (χ0n) is 8.86. The first kappa shape index (κ1) is 13.0. The first-order chi connectivity index (χ1) is 8.45. The number of hydrogen-bond donors (Lipinski definition) is 1. The Morgan fingerprint density at radius 2 is 2.28 bits per heavy atom. The number of aromatic amines is 1. The number of benzene rings is 1. The maximum atomic E-state index is 13.9. The van der Waals surface area contributed by atoms with E-state index >= 15 is 0 Å². The number of halogens is 2. The lowest BCUT2D eigenvalue weighted by Gasteiger charge is -2.03. The molecule has 1 aromatic carbocycles. The molecule has 2 rings (SSSR count). The van der Waals surface area contributed by atoms with Gasteiger partial charge in [-0.1, -0.05) is 11.8 Å². The van der Waals surface area contributed by atoms with Crippen LogP contribution in [0, 0.1) is 15.9 Å². The van der Waals surface area contributed by atoms with Crippen LogP contribution < -0.4 is 5.56 Å². The van der Waals surface area contributed by atoms with Crippen LogP contribution >= 0.6 is 27.7 Å². The lowest BCUT2D eigenvalue weighted by atomic mass is 10.2. The Labute approximate surface area is 112 Å². The van der Waals surface area contributed by atoms with Gasteiger partial charge in [0.25, 0.3) is 11.2 Å². The first-order valence-corrected chi connectivity index (χ1v) is 6.58. The molecule has 1 aromatic heterocycles. The summed E-state index contributed by atoms with van der Waals surface area (Å²) in [6, 6.07) is 0.998. The third-order valence-electron chi connectivity index (χ3n) is 2.23. The lowest BCUT2D eigenvalue weighted by molar-refractivity contribution is -0.385. The lowest BCUT2D eigenvalue weighted by Crippen LogP contribution is -2.11. The number of hydrogen-bond acceptors (Lipinski definition) is 5. The Kier molecular flexibility index (Phi) is 3.35. The topological polar surface area (TPSA) is 88.9 Å². The predicted molar refractivity (Wildman–Crippen MR) is 68.5 cm³/mol. The Morgan fingerprint density at radius 3 is 2.83 bits per heavy atom. The molecule has 0 bridgehead atoms. The van der Waals surface area contributed by atoms with E-state index in [1.54, 1.807) is 6.26 Å². The summed E-state index contributed by atoms with van der Waals surface area (Å²) in [5, 5.41) is 10.8. The number of nitro benzene ring substituents is 1. The predicted octanol–water partition coefficient (Wildman–Crippen LogP) is 2.45. The van der Waals surface area contributed by atoms with Crippen LogP contribution in [-0.4, -0.2) is 21.1 Å². The van der Waals surface area contributed by atoms with E-state index in [4.69, 9.17) is 0 Å². The molecule has 9 heteroatoms. The standard InChI is InChI=1S/C9H5BrFN3O3S/c1-18-9-12-7-3(8(15)13-9)2-4(14(16)17)5(10)6(7)11/h2H,1H3,(H,12,13,15). The van der Waals surface area contributed by atoms with Gasteiger partial charge in [0.05, 0.1) is 10.3 Å². The highest BCUT2D eigenvalue weighted by molar-refractivity contribution is 9.10. The highest BCUT2D eigenvalue weighted by Gasteiger charge is 2.22. The van der Waals surface area contributed by atoms with Gasteiger partial charge in [0.1, 0.15) is 9.99 Å². The molecule has 0 aliphatic rings. The summed E-state index contributed by atoms with van der Waals surface area (Å²) in [7, 11) is 0. The largest absolute Gasteiger partial charge is 0.301 e. The van der Waals surface area contributed by atoms with E-state index < -0.39 is 22.0 Å². The van der Waals surface area contributed by atoms with E-state index in [-0.39, 0.29) is 20.5 Å². The van der Waals surface area contributed by atoms with Crippen LogP contribution in [0.5, 0.6) is 0 Å². The van der Waals surface area contributed by atoms with Crippen molar-refractivity contribution in [3.05, 3.63) is 36.8 Å². The minimum atomic E-state index is -0.916. The maximum absolute atomic E-state index is 13.9. The van der Waals surface area contributed by atoms with Crippen molar-refractivity contribution in [1.82, 2.24) is 9.97 Å². The van der Waals surface area contributed by atoms with Crippen LogP contribution in [0.15, 0.2) is 20.5 Å². The maximum Gasteiger partial charge on any atom is 0.287 e. The number of rotatable bonds is 2. The van der Waals surface area contributed by atoms with Gasteiger partial charge in [0.15, 0.2) is 11.0 Å². The molecule has 1 N–H and O–H groups in total. The number of H-pyrrole nitrogens is 1. The summed E-state index contributed by atoms with van der Waals surface area (Å²) in [6.07, 6.45) is 1.67. The Morgan fingerprint density at radius 1 is 1.61 bits per heavy atom. The van der Waals surface area contributed by atoms with Crippen LogP contribution in [0.1, 0.15) is 0 Å². The molecule has 94 valence electrons. The molecule has 0 atom stereocenters. The molecule has 2 aromatic rings. The van der Waals surface area contributed by atoms with Gasteiger partial charge in [-0.2, -0.15) is 0 Å². The fourth-order valence-corrected chi connectivity index (χ4v) is 2.23. The molecule has 0 aliphatic heterocycles. The number of nitrogens with zero attached hydrogens (tertiary/aromatic N) is 2. The third-order valence-corrected chi connectivity index (χ3v) is 3.56. The number of thioether (sulfide) groups is 1. The fourth-order valence-electron chi connectivity index (χ4n) is 1.41. The summed E-state index contributed by atoms with van der Waals surface area (Å²) < 4.78 is 13.6. The second kappa shape index (κ2) is 4.65. The van der Waals surface area contributed by atoms with E-state index in [0.29, 0.717) is 0 Å². The van der Waals surface area contributed by atoms with Gasteiger partial charge in [-0.25, -0.2) is 9.37 Å². The molecule has 0 spiro atoms. The number of nitro groups is 1. The molecule has 0 aliphatic carbocycles. The summed E-state index contributed by atoms with van der Waals surface area (Å²) in [6.45, 7) is 0. The van der Waals surface area contributed by atoms with E-state index in [9.17, 15) is 19.3 Å². The summed E-state index contributed by atoms with van der Waals surface area (Å²) in [5.74, 6) is -0.916. The Balaban J connectivity index is 2.95. The van der Waals surface area contributed by atoms with Crippen LogP contribution in [0.25, 0.3) is 10.9 Å². The monoisotopic (exact) mass is 333 g/mol. The number of nitrogens with one attached hydrogen (secondary N) is 1. The van der Waals surface area contributed by atoms with Crippen molar-refractivity contribution in [2.45, 2.75) is 5.16 Å². The molecule has 0 saturated carbocycles. The van der Waals surface area contributed by atoms with Crippen molar-refractivity contribution in [3.63, 3.8) is 0 Å². The van der Waals surface area contributed by atoms with Crippen LogP contribution in [0.2, 0.25) is 0 Å². The molecular formula is C9H5BrFN3O3S. The van der Waals surface area contributed by atoms with Gasteiger partial charge in [-0.15, -0.1) is 0 Å². The van der Waals surface area contributed by atoms with E-state index in [0.717, 1.165) is 17.8 Å². The number of fused-ring (bicyclic) bond motifs is 1. The molecule has 0 amide bonds. The van der Waals surface area contributed by atoms with Crippen molar-refractivity contribution in [2.24, 2.45) is 0 Å². The first-order valence-electron chi connectivity index (χ1n) is 4.56. The fraction of sp³-hybridized carbons (Fsp3) is 0.111. The van der Waals surface area contributed by atoms with Gasteiger partial charge < -0.3 is 4.98 Å². The quantitative estimate of drug-likeness (QED) is 0.394. The molecule has 18 heavy (non-hydrogen) atoms. The van der Waals surface area contributed by atoms with E-state index in [2.05, 4.69) is 25.9 Å². The number of aromatic nitrogens is 2. The summed E-state index contributed by atoms with van der Waals surface area (Å²) >= 11 is 3.94. The highest BCUT2D eigenvalue weighted by atomic mass is 79.9. The zero-order valence-corrected chi connectivity index (χ0v) is 11.3. The molecule has 0 unspecified atom stereocenters. The average molecular weight is 334 g/mol.